The summed E-state index contributed by atoms with van der Waals surface area (Å²) in [6, 6.07) is 7.01. The minimum Gasteiger partial charge on any atom is -0.444 e. The number of benzene rings is 1. The Morgan fingerprint density at radius 1 is 1.18 bits per heavy atom. The number of aromatic nitrogens is 1. The van der Waals surface area contributed by atoms with Crippen LogP contribution >= 0.6 is 0 Å². The number of aryl methyl sites for hydroxylation is 1. The number of carbonyl (C=O) groups excluding carboxylic acids is 1. The first-order valence-electron chi connectivity index (χ1n) is 11.6. The van der Waals surface area contributed by atoms with E-state index < -0.39 is 21.5 Å². The minimum atomic E-state index is -3.62. The van der Waals surface area contributed by atoms with Gasteiger partial charge in [-0.3, -0.25) is 4.98 Å². The van der Waals surface area contributed by atoms with Crippen LogP contribution in [0, 0.1) is 12.8 Å². The van der Waals surface area contributed by atoms with Crippen molar-refractivity contribution in [3.05, 3.63) is 36.2 Å². The van der Waals surface area contributed by atoms with Gasteiger partial charge < -0.3 is 14.7 Å². The number of nitrogens with zero attached hydrogens (tertiary/aromatic N) is 2. The fraction of sp³-hybridized carbons (Fsp3) is 0.600. The zero-order chi connectivity index (χ0) is 24.6. The van der Waals surface area contributed by atoms with Crippen molar-refractivity contribution in [1.29, 1.82) is 0 Å². The van der Waals surface area contributed by atoms with E-state index in [0.717, 1.165) is 23.9 Å². The van der Waals surface area contributed by atoms with Crippen LogP contribution in [0.1, 0.15) is 59.1 Å². The fourth-order valence-electron chi connectivity index (χ4n) is 3.87. The smallest absolute Gasteiger partial charge is 0.410 e. The third-order valence-corrected chi connectivity index (χ3v) is 7.37. The highest BCUT2D eigenvalue weighted by atomic mass is 32.2. The summed E-state index contributed by atoms with van der Waals surface area (Å²) >= 11 is 0. The molecule has 1 amide bonds. The van der Waals surface area contributed by atoms with Crippen LogP contribution in [0.4, 0.5) is 4.79 Å². The lowest BCUT2D eigenvalue weighted by Gasteiger charge is -2.30. The Bertz CT molecular complexity index is 1030. The van der Waals surface area contributed by atoms with Crippen molar-refractivity contribution >= 4 is 26.7 Å². The number of hydrogen-bond acceptors (Lipinski definition) is 6. The van der Waals surface area contributed by atoms with Gasteiger partial charge in [-0.1, -0.05) is 31.9 Å². The molecule has 1 atom stereocenters. The molecule has 0 aliphatic carbocycles. The maximum Gasteiger partial charge on any atom is 0.410 e. The molecule has 184 valence electrons. The van der Waals surface area contributed by atoms with Gasteiger partial charge in [0.05, 0.1) is 10.6 Å². The number of aliphatic hydroxyl groups excluding tert-OH is 1. The van der Waals surface area contributed by atoms with Gasteiger partial charge in [-0.25, -0.2) is 13.2 Å². The van der Waals surface area contributed by atoms with E-state index in [1.54, 1.807) is 45.2 Å². The normalized spacial score (nSPS) is 13.2. The highest BCUT2D eigenvalue weighted by Crippen LogP contribution is 2.27. The molecule has 1 aromatic carbocycles. The zero-order valence-corrected chi connectivity index (χ0v) is 21.3. The van der Waals surface area contributed by atoms with E-state index >= 15 is 0 Å². The number of amides is 1. The van der Waals surface area contributed by atoms with Crippen molar-refractivity contribution in [2.24, 2.45) is 5.92 Å². The molecule has 0 aliphatic rings. The number of pyridine rings is 1. The van der Waals surface area contributed by atoms with E-state index in [4.69, 9.17) is 4.74 Å². The molecule has 1 N–H and O–H groups in total. The second-order valence-electron chi connectivity index (χ2n) is 9.54. The summed E-state index contributed by atoms with van der Waals surface area (Å²) in [5.41, 5.74) is 0.126. The standard InChI is InChI=1S/C25H38N2O5S/c1-6-7-10-20(17-27(15-9-16-28)24(29)32-25(3,4)5)18-33(30,31)23-12-8-11-21-19(2)26-14-13-22(21)23/h8,11-14,20,28H,6-7,9-10,15-18H2,1-5H3. The Labute approximate surface area is 198 Å². The highest BCUT2D eigenvalue weighted by molar-refractivity contribution is 7.91. The fourth-order valence-corrected chi connectivity index (χ4v) is 5.74. The van der Waals surface area contributed by atoms with Crippen molar-refractivity contribution in [2.45, 2.75) is 70.8 Å². The molecule has 0 fully saturated rings. The number of unbranched alkanes of at least 4 members (excludes halogenated alkanes) is 1. The molecule has 33 heavy (non-hydrogen) atoms. The molecule has 0 saturated carbocycles. The summed E-state index contributed by atoms with van der Waals surface area (Å²) in [6.45, 7) is 9.84. The molecule has 0 saturated heterocycles. The van der Waals surface area contributed by atoms with Gasteiger partial charge >= 0.3 is 6.09 Å². The summed E-state index contributed by atoms with van der Waals surface area (Å²) in [6.07, 6.45) is 4.02. The monoisotopic (exact) mass is 478 g/mol. The molecular formula is C25H38N2O5S. The van der Waals surface area contributed by atoms with Gasteiger partial charge in [0.15, 0.2) is 9.84 Å². The average molecular weight is 479 g/mol. The third-order valence-electron chi connectivity index (χ3n) is 5.44. The quantitative estimate of drug-likeness (QED) is 0.501. The average Bonchev–Trinajstić information content (AvgIpc) is 2.73. The second-order valence-corrected chi connectivity index (χ2v) is 11.5. The Morgan fingerprint density at radius 2 is 1.91 bits per heavy atom. The predicted molar refractivity (Wildman–Crippen MR) is 131 cm³/mol. The van der Waals surface area contributed by atoms with Crippen molar-refractivity contribution in [3.63, 3.8) is 0 Å². The van der Waals surface area contributed by atoms with E-state index in [0.29, 0.717) is 29.7 Å². The van der Waals surface area contributed by atoms with Crippen LogP contribution in [0.3, 0.4) is 0 Å². The van der Waals surface area contributed by atoms with Crippen LogP contribution in [0.2, 0.25) is 0 Å². The van der Waals surface area contributed by atoms with E-state index in [9.17, 15) is 18.3 Å². The number of rotatable bonds is 11. The Balaban J connectivity index is 2.33. The van der Waals surface area contributed by atoms with Gasteiger partial charge in [0.1, 0.15) is 5.60 Å². The Morgan fingerprint density at radius 3 is 2.55 bits per heavy atom. The minimum absolute atomic E-state index is 0.0549. The van der Waals surface area contributed by atoms with Crippen LogP contribution in [0.5, 0.6) is 0 Å². The topological polar surface area (TPSA) is 96.8 Å². The summed E-state index contributed by atoms with van der Waals surface area (Å²) < 4.78 is 32.6. The molecule has 1 aromatic heterocycles. The van der Waals surface area contributed by atoms with Gasteiger partial charge in [-0.2, -0.15) is 0 Å². The molecule has 7 nitrogen and oxygen atoms in total. The lowest BCUT2D eigenvalue weighted by molar-refractivity contribution is 0.0212. The Kier molecular flexibility index (Phi) is 9.67. The number of hydrogen-bond donors (Lipinski definition) is 1. The van der Waals surface area contributed by atoms with E-state index in [1.165, 1.54) is 4.90 Å². The van der Waals surface area contributed by atoms with Crippen LogP contribution in [-0.2, 0) is 14.6 Å². The molecule has 0 bridgehead atoms. The van der Waals surface area contributed by atoms with E-state index in [1.807, 2.05) is 13.0 Å². The highest BCUT2D eigenvalue weighted by Gasteiger charge is 2.28. The molecule has 0 spiro atoms. The van der Waals surface area contributed by atoms with E-state index in [-0.39, 0.29) is 24.8 Å². The number of carbonyl (C=O) groups is 1. The number of fused-ring (bicyclic) bond motifs is 1. The molecule has 0 radical (unpaired) electrons. The molecule has 0 aliphatic heterocycles. The van der Waals surface area contributed by atoms with Crippen molar-refractivity contribution in [3.8, 4) is 0 Å². The molecule has 8 heteroatoms. The SMILES string of the molecule is CCCCC(CN(CCCO)C(=O)OC(C)(C)C)CS(=O)(=O)c1cccc2c(C)nccc12. The van der Waals surface area contributed by atoms with Gasteiger partial charge in [0.2, 0.25) is 0 Å². The molecule has 2 rings (SSSR count). The lowest BCUT2D eigenvalue weighted by atomic mass is 10.0. The van der Waals surface area contributed by atoms with Gasteiger partial charge in [-0.15, -0.1) is 0 Å². The first-order chi connectivity index (χ1) is 15.5. The van der Waals surface area contributed by atoms with Gasteiger partial charge in [-0.05, 0) is 58.6 Å². The third kappa shape index (κ3) is 7.96. The van der Waals surface area contributed by atoms with Crippen LogP contribution in [0.15, 0.2) is 35.4 Å². The van der Waals surface area contributed by atoms with Gasteiger partial charge in [0.25, 0.3) is 0 Å². The van der Waals surface area contributed by atoms with Crippen molar-refractivity contribution in [1.82, 2.24) is 9.88 Å². The van der Waals surface area contributed by atoms with Crippen molar-refractivity contribution < 1.29 is 23.1 Å². The lowest BCUT2D eigenvalue weighted by Crippen LogP contribution is -2.41. The summed E-state index contributed by atoms with van der Waals surface area (Å²) in [7, 11) is -3.62. The first-order valence-corrected chi connectivity index (χ1v) is 13.3. The Hall–Kier alpha value is -2.19. The summed E-state index contributed by atoms with van der Waals surface area (Å²) in [5.74, 6) is -0.314. The zero-order valence-electron chi connectivity index (χ0n) is 20.5. The number of ether oxygens (including phenoxy) is 1. The van der Waals surface area contributed by atoms with Crippen molar-refractivity contribution in [2.75, 3.05) is 25.4 Å². The first kappa shape index (κ1) is 27.1. The van der Waals surface area contributed by atoms with E-state index in [2.05, 4.69) is 11.9 Å². The molecule has 2 aromatic rings. The largest absolute Gasteiger partial charge is 0.444 e. The maximum atomic E-state index is 13.5. The summed E-state index contributed by atoms with van der Waals surface area (Å²) in [5, 5.41) is 10.8. The number of aliphatic hydroxyl groups is 1. The molecule has 1 heterocycles. The van der Waals surface area contributed by atoms with Crippen LogP contribution < -0.4 is 0 Å². The summed E-state index contributed by atoms with van der Waals surface area (Å²) in [4.78, 5) is 18.9. The maximum absolute atomic E-state index is 13.5. The van der Waals surface area contributed by atoms with Crippen LogP contribution in [-0.4, -0.2) is 60.6 Å². The second kappa shape index (κ2) is 11.8. The van der Waals surface area contributed by atoms with Gasteiger partial charge in [0, 0.05) is 42.4 Å². The van der Waals surface area contributed by atoms with Crippen LogP contribution in [0.25, 0.3) is 10.8 Å². The molecular weight excluding hydrogens is 440 g/mol. The number of sulfone groups is 1. The molecule has 1 unspecified atom stereocenters. The predicted octanol–water partition coefficient (Wildman–Crippen LogP) is 4.74.